The topological polar surface area (TPSA) is 38.3 Å². The second kappa shape index (κ2) is 3.91. The molecule has 1 amide bonds. The SMILES string of the molecule is O=C1Nc2cc(Cl)ccc2OCC12CCCC2. The van der Waals surface area contributed by atoms with Gasteiger partial charge in [0.15, 0.2) is 0 Å². The van der Waals surface area contributed by atoms with E-state index in [2.05, 4.69) is 5.32 Å². The van der Waals surface area contributed by atoms with Gasteiger partial charge in [-0.3, -0.25) is 4.79 Å². The van der Waals surface area contributed by atoms with Crippen LogP contribution in [0.25, 0.3) is 0 Å². The van der Waals surface area contributed by atoms with Gasteiger partial charge in [0.25, 0.3) is 0 Å². The van der Waals surface area contributed by atoms with Crippen LogP contribution in [0.15, 0.2) is 18.2 Å². The Morgan fingerprint density at radius 1 is 1.29 bits per heavy atom. The molecule has 3 nitrogen and oxygen atoms in total. The number of fused-ring (bicyclic) bond motifs is 1. The van der Waals surface area contributed by atoms with Crippen molar-refractivity contribution in [2.45, 2.75) is 25.7 Å². The zero-order valence-corrected chi connectivity index (χ0v) is 10.2. The third-order valence-electron chi connectivity index (χ3n) is 3.74. The summed E-state index contributed by atoms with van der Waals surface area (Å²) >= 11 is 5.92. The van der Waals surface area contributed by atoms with E-state index in [1.807, 2.05) is 6.07 Å². The van der Waals surface area contributed by atoms with E-state index < -0.39 is 0 Å². The van der Waals surface area contributed by atoms with Gasteiger partial charge >= 0.3 is 0 Å². The molecule has 2 aliphatic rings. The predicted octanol–water partition coefficient (Wildman–Crippen LogP) is 3.23. The number of rotatable bonds is 0. The number of halogens is 1. The average Bonchev–Trinajstić information content (AvgIpc) is 2.73. The van der Waals surface area contributed by atoms with Crippen molar-refractivity contribution >= 4 is 23.2 Å². The molecule has 0 bridgehead atoms. The molecule has 0 radical (unpaired) electrons. The normalized spacial score (nSPS) is 21.6. The van der Waals surface area contributed by atoms with Crippen molar-refractivity contribution in [3.8, 4) is 5.75 Å². The number of amides is 1. The molecule has 0 aromatic heterocycles. The molecule has 1 aliphatic carbocycles. The molecule has 0 atom stereocenters. The molecule has 1 heterocycles. The number of carbonyl (C=O) groups excluding carboxylic acids is 1. The lowest BCUT2D eigenvalue weighted by molar-refractivity contribution is -0.126. The molecule has 1 saturated carbocycles. The van der Waals surface area contributed by atoms with E-state index >= 15 is 0 Å². The minimum atomic E-state index is -0.328. The molecule has 0 saturated heterocycles. The van der Waals surface area contributed by atoms with Crippen molar-refractivity contribution in [1.82, 2.24) is 0 Å². The van der Waals surface area contributed by atoms with Gasteiger partial charge in [-0.25, -0.2) is 0 Å². The largest absolute Gasteiger partial charge is 0.490 e. The summed E-state index contributed by atoms with van der Waals surface area (Å²) in [5.41, 5.74) is 0.358. The third kappa shape index (κ3) is 1.78. The van der Waals surface area contributed by atoms with Crippen LogP contribution in [0.5, 0.6) is 5.75 Å². The van der Waals surface area contributed by atoms with Gasteiger partial charge in [-0.15, -0.1) is 0 Å². The van der Waals surface area contributed by atoms with Crippen LogP contribution in [0.3, 0.4) is 0 Å². The Morgan fingerprint density at radius 2 is 2.06 bits per heavy atom. The first-order valence-electron chi connectivity index (χ1n) is 5.93. The van der Waals surface area contributed by atoms with Crippen molar-refractivity contribution in [2.75, 3.05) is 11.9 Å². The quantitative estimate of drug-likeness (QED) is 0.769. The van der Waals surface area contributed by atoms with Crippen LogP contribution in [-0.2, 0) is 4.79 Å². The minimum Gasteiger partial charge on any atom is -0.490 e. The molecule has 4 heteroatoms. The Kier molecular flexibility index (Phi) is 2.51. The van der Waals surface area contributed by atoms with E-state index in [0.717, 1.165) is 25.7 Å². The van der Waals surface area contributed by atoms with Crippen molar-refractivity contribution in [1.29, 1.82) is 0 Å². The first-order valence-corrected chi connectivity index (χ1v) is 6.31. The van der Waals surface area contributed by atoms with Crippen LogP contribution in [-0.4, -0.2) is 12.5 Å². The second-order valence-electron chi connectivity index (χ2n) is 4.87. The lowest BCUT2D eigenvalue weighted by atomic mass is 9.86. The monoisotopic (exact) mass is 251 g/mol. The molecule has 1 aromatic carbocycles. The van der Waals surface area contributed by atoms with Crippen LogP contribution < -0.4 is 10.1 Å². The number of ether oxygens (including phenoxy) is 1. The lowest BCUT2D eigenvalue weighted by Crippen LogP contribution is -2.37. The second-order valence-corrected chi connectivity index (χ2v) is 5.31. The molecule has 0 unspecified atom stereocenters. The van der Waals surface area contributed by atoms with Gasteiger partial charge < -0.3 is 10.1 Å². The van der Waals surface area contributed by atoms with Crippen molar-refractivity contribution < 1.29 is 9.53 Å². The van der Waals surface area contributed by atoms with Gasteiger partial charge in [0.05, 0.1) is 11.1 Å². The van der Waals surface area contributed by atoms with E-state index in [4.69, 9.17) is 16.3 Å². The highest BCUT2D eigenvalue weighted by Crippen LogP contribution is 2.43. The Labute approximate surface area is 105 Å². The van der Waals surface area contributed by atoms with Crippen LogP contribution in [0.4, 0.5) is 5.69 Å². The van der Waals surface area contributed by atoms with Crippen LogP contribution in [0.2, 0.25) is 5.02 Å². The van der Waals surface area contributed by atoms with Gasteiger partial charge in [-0.2, -0.15) is 0 Å². The fourth-order valence-corrected chi connectivity index (χ4v) is 2.86. The number of hydrogen-bond donors (Lipinski definition) is 1. The highest BCUT2D eigenvalue weighted by molar-refractivity contribution is 6.31. The molecular weight excluding hydrogens is 238 g/mol. The number of benzene rings is 1. The summed E-state index contributed by atoms with van der Waals surface area (Å²) in [5, 5.41) is 3.55. The number of nitrogens with one attached hydrogen (secondary N) is 1. The molecule has 1 N–H and O–H groups in total. The Hall–Kier alpha value is -1.22. The highest BCUT2D eigenvalue weighted by atomic mass is 35.5. The molecule has 3 rings (SSSR count). The van der Waals surface area contributed by atoms with E-state index in [0.29, 0.717) is 23.1 Å². The maximum absolute atomic E-state index is 12.3. The molecule has 1 aliphatic heterocycles. The maximum Gasteiger partial charge on any atom is 0.234 e. The number of carbonyl (C=O) groups is 1. The summed E-state index contributed by atoms with van der Waals surface area (Å²) in [7, 11) is 0. The summed E-state index contributed by atoms with van der Waals surface area (Å²) in [6.45, 7) is 0.480. The number of hydrogen-bond acceptors (Lipinski definition) is 2. The van der Waals surface area contributed by atoms with Gasteiger partial charge in [0.1, 0.15) is 12.4 Å². The summed E-state index contributed by atoms with van der Waals surface area (Å²) in [6.07, 6.45) is 4.04. The standard InChI is InChI=1S/C13H14ClNO2/c14-9-3-4-11-10(7-9)15-12(16)13(8-17-11)5-1-2-6-13/h3-4,7H,1-2,5-6,8H2,(H,15,16). The summed E-state index contributed by atoms with van der Waals surface area (Å²) in [6, 6.07) is 5.33. The summed E-state index contributed by atoms with van der Waals surface area (Å²) < 4.78 is 5.77. The maximum atomic E-state index is 12.3. The van der Waals surface area contributed by atoms with Gasteiger partial charge in [0, 0.05) is 5.02 Å². The predicted molar refractivity (Wildman–Crippen MR) is 66.5 cm³/mol. The first kappa shape index (κ1) is 10.9. The molecule has 1 aromatic rings. The van der Waals surface area contributed by atoms with Crippen LogP contribution >= 0.6 is 11.6 Å². The van der Waals surface area contributed by atoms with Crippen molar-refractivity contribution in [3.05, 3.63) is 23.2 Å². The highest BCUT2D eigenvalue weighted by Gasteiger charge is 2.43. The molecular formula is C13H14ClNO2. The Bertz CT molecular complexity index is 466. The average molecular weight is 252 g/mol. The van der Waals surface area contributed by atoms with E-state index in [-0.39, 0.29) is 11.3 Å². The Morgan fingerprint density at radius 3 is 2.82 bits per heavy atom. The fourth-order valence-electron chi connectivity index (χ4n) is 2.69. The fraction of sp³-hybridized carbons (Fsp3) is 0.462. The Balaban J connectivity index is 1.96. The van der Waals surface area contributed by atoms with Crippen LogP contribution in [0.1, 0.15) is 25.7 Å². The van der Waals surface area contributed by atoms with Crippen LogP contribution in [0, 0.1) is 5.41 Å². The van der Waals surface area contributed by atoms with Gasteiger partial charge in [0.2, 0.25) is 5.91 Å². The van der Waals surface area contributed by atoms with Crippen molar-refractivity contribution in [3.63, 3.8) is 0 Å². The van der Waals surface area contributed by atoms with E-state index in [1.54, 1.807) is 12.1 Å². The molecule has 1 spiro atoms. The summed E-state index contributed by atoms with van der Waals surface area (Å²) in [4.78, 5) is 12.3. The minimum absolute atomic E-state index is 0.0796. The van der Waals surface area contributed by atoms with E-state index in [1.165, 1.54) is 0 Å². The van der Waals surface area contributed by atoms with Gasteiger partial charge in [-0.05, 0) is 31.0 Å². The molecule has 17 heavy (non-hydrogen) atoms. The lowest BCUT2D eigenvalue weighted by Gasteiger charge is -2.23. The van der Waals surface area contributed by atoms with E-state index in [9.17, 15) is 4.79 Å². The number of anilines is 1. The molecule has 1 fully saturated rings. The smallest absolute Gasteiger partial charge is 0.234 e. The third-order valence-corrected chi connectivity index (χ3v) is 3.97. The summed E-state index contributed by atoms with van der Waals surface area (Å²) in [5.74, 6) is 0.794. The molecule has 90 valence electrons. The zero-order valence-electron chi connectivity index (χ0n) is 9.46. The van der Waals surface area contributed by atoms with Gasteiger partial charge in [-0.1, -0.05) is 24.4 Å². The van der Waals surface area contributed by atoms with Crippen molar-refractivity contribution in [2.24, 2.45) is 5.41 Å². The zero-order chi connectivity index (χ0) is 11.9. The first-order chi connectivity index (χ1) is 8.20.